The zero-order valence-electron chi connectivity index (χ0n) is 7.13. The van der Waals surface area contributed by atoms with Gasteiger partial charge in [0.25, 0.3) is 0 Å². The first kappa shape index (κ1) is 7.62. The third-order valence-electron chi connectivity index (χ3n) is 1.76. The molecule has 0 radical (unpaired) electrons. The van der Waals surface area contributed by atoms with E-state index in [1.54, 1.807) is 13.1 Å². The number of anilines is 1. The third kappa shape index (κ3) is 1.11. The lowest BCUT2D eigenvalue weighted by molar-refractivity contribution is 1.21. The van der Waals surface area contributed by atoms with Crippen LogP contribution in [0.4, 0.5) is 5.82 Å². The molecule has 0 amide bonds. The molecule has 13 heavy (non-hydrogen) atoms. The lowest BCUT2D eigenvalue weighted by Crippen LogP contribution is -1.92. The van der Waals surface area contributed by atoms with Crippen molar-refractivity contribution < 1.29 is 0 Å². The molecule has 0 aliphatic carbocycles. The summed E-state index contributed by atoms with van der Waals surface area (Å²) in [5.41, 5.74) is 7.26. The molecule has 2 aromatic heterocycles. The van der Waals surface area contributed by atoms with Gasteiger partial charge in [-0.25, -0.2) is 9.97 Å². The van der Waals surface area contributed by atoms with Gasteiger partial charge in [0, 0.05) is 6.20 Å². The highest BCUT2D eigenvalue weighted by Crippen LogP contribution is 2.19. The molecule has 2 rings (SSSR count). The summed E-state index contributed by atoms with van der Waals surface area (Å²) < 4.78 is 0. The van der Waals surface area contributed by atoms with Crippen molar-refractivity contribution in [1.29, 1.82) is 0 Å². The van der Waals surface area contributed by atoms with E-state index in [-0.39, 0.29) is 0 Å². The number of hydrogen-bond donors (Lipinski definition) is 2. The van der Waals surface area contributed by atoms with Crippen molar-refractivity contribution in [2.45, 2.75) is 6.92 Å². The fourth-order valence-corrected chi connectivity index (χ4v) is 1.22. The van der Waals surface area contributed by atoms with E-state index in [0.29, 0.717) is 5.82 Å². The van der Waals surface area contributed by atoms with E-state index >= 15 is 0 Å². The van der Waals surface area contributed by atoms with E-state index in [2.05, 4.69) is 26.8 Å². The number of nitrogens with two attached hydrogens (primary N) is 1. The van der Waals surface area contributed by atoms with Gasteiger partial charge in [-0.05, 0) is 6.92 Å². The van der Waals surface area contributed by atoms with E-state index in [1.807, 2.05) is 0 Å². The molecule has 0 saturated carbocycles. The SMILES string of the molecule is CC#Cc1c[nH]c2ncnc(N)c12. The third-order valence-corrected chi connectivity index (χ3v) is 1.76. The minimum Gasteiger partial charge on any atom is -0.383 e. The Hall–Kier alpha value is -2.02. The van der Waals surface area contributed by atoms with Crippen molar-refractivity contribution in [3.05, 3.63) is 18.1 Å². The van der Waals surface area contributed by atoms with Gasteiger partial charge in [0.2, 0.25) is 0 Å². The molecule has 0 bridgehead atoms. The summed E-state index contributed by atoms with van der Waals surface area (Å²) >= 11 is 0. The van der Waals surface area contributed by atoms with Gasteiger partial charge >= 0.3 is 0 Å². The number of nitrogens with one attached hydrogen (secondary N) is 1. The predicted octanol–water partition coefficient (Wildman–Crippen LogP) is 0.911. The van der Waals surface area contributed by atoms with Gasteiger partial charge in [0.1, 0.15) is 17.8 Å². The Balaban J connectivity index is 2.83. The largest absolute Gasteiger partial charge is 0.383 e. The summed E-state index contributed by atoms with van der Waals surface area (Å²) in [6.07, 6.45) is 3.21. The quantitative estimate of drug-likeness (QED) is 0.580. The number of hydrogen-bond acceptors (Lipinski definition) is 3. The van der Waals surface area contributed by atoms with E-state index in [4.69, 9.17) is 5.73 Å². The molecule has 0 saturated heterocycles. The van der Waals surface area contributed by atoms with Crippen LogP contribution < -0.4 is 5.73 Å². The second-order valence-corrected chi connectivity index (χ2v) is 2.56. The zero-order valence-corrected chi connectivity index (χ0v) is 7.13. The maximum absolute atomic E-state index is 5.69. The topological polar surface area (TPSA) is 67.6 Å². The van der Waals surface area contributed by atoms with Crippen molar-refractivity contribution in [3.63, 3.8) is 0 Å². The molecule has 0 aliphatic rings. The molecule has 64 valence electrons. The summed E-state index contributed by atoms with van der Waals surface area (Å²) in [6.45, 7) is 1.78. The molecular formula is C9H8N4. The molecule has 0 fully saturated rings. The van der Waals surface area contributed by atoms with Crippen LogP contribution in [0.1, 0.15) is 12.5 Å². The average Bonchev–Trinajstić information content (AvgIpc) is 2.51. The van der Waals surface area contributed by atoms with Crippen LogP contribution in [0, 0.1) is 11.8 Å². The number of H-pyrrole nitrogens is 1. The predicted molar refractivity (Wildman–Crippen MR) is 50.9 cm³/mol. The number of nitrogens with zero attached hydrogens (tertiary/aromatic N) is 2. The van der Waals surface area contributed by atoms with Crippen LogP contribution in [0.5, 0.6) is 0 Å². The van der Waals surface area contributed by atoms with Gasteiger partial charge < -0.3 is 10.7 Å². The van der Waals surface area contributed by atoms with E-state index in [0.717, 1.165) is 16.6 Å². The van der Waals surface area contributed by atoms with Crippen molar-refractivity contribution in [1.82, 2.24) is 15.0 Å². The highest BCUT2D eigenvalue weighted by Gasteiger charge is 2.05. The Morgan fingerprint density at radius 1 is 1.46 bits per heavy atom. The first-order valence-corrected chi connectivity index (χ1v) is 3.83. The molecule has 0 aliphatic heterocycles. The number of rotatable bonds is 0. The molecule has 0 atom stereocenters. The molecule has 2 aromatic rings. The van der Waals surface area contributed by atoms with Crippen LogP contribution in [0.2, 0.25) is 0 Å². The number of aromatic amines is 1. The average molecular weight is 172 g/mol. The van der Waals surface area contributed by atoms with Gasteiger partial charge in [-0.3, -0.25) is 0 Å². The van der Waals surface area contributed by atoms with E-state index in [9.17, 15) is 0 Å². The monoisotopic (exact) mass is 172 g/mol. The molecule has 4 nitrogen and oxygen atoms in total. The molecule has 3 N–H and O–H groups in total. The molecule has 0 unspecified atom stereocenters. The second kappa shape index (κ2) is 2.79. The van der Waals surface area contributed by atoms with Gasteiger partial charge in [-0.15, -0.1) is 5.92 Å². The van der Waals surface area contributed by atoms with Crippen molar-refractivity contribution >= 4 is 16.9 Å². The minimum absolute atomic E-state index is 0.462. The van der Waals surface area contributed by atoms with Crippen LogP contribution in [0.3, 0.4) is 0 Å². The highest BCUT2D eigenvalue weighted by atomic mass is 15.0. The maximum Gasteiger partial charge on any atom is 0.144 e. The van der Waals surface area contributed by atoms with Crippen LogP contribution in [0.25, 0.3) is 11.0 Å². The number of fused-ring (bicyclic) bond motifs is 1. The molecular weight excluding hydrogens is 164 g/mol. The van der Waals surface area contributed by atoms with Crippen LogP contribution in [-0.4, -0.2) is 15.0 Å². The van der Waals surface area contributed by atoms with Crippen LogP contribution >= 0.6 is 0 Å². The Bertz CT molecular complexity index is 501. The standard InChI is InChI=1S/C9H8N4/c1-2-3-6-4-11-9-7(6)8(10)12-5-13-9/h4-5H,1H3,(H3,10,11,12,13). The normalized spacial score (nSPS) is 9.62. The first-order valence-electron chi connectivity index (χ1n) is 3.83. The van der Waals surface area contributed by atoms with E-state index < -0.39 is 0 Å². The summed E-state index contributed by atoms with van der Waals surface area (Å²) in [5.74, 6) is 6.20. The summed E-state index contributed by atoms with van der Waals surface area (Å²) in [4.78, 5) is 10.9. The van der Waals surface area contributed by atoms with Crippen molar-refractivity contribution in [2.75, 3.05) is 5.73 Å². The van der Waals surface area contributed by atoms with Crippen LogP contribution in [-0.2, 0) is 0 Å². The summed E-state index contributed by atoms with van der Waals surface area (Å²) in [5, 5.41) is 0.803. The maximum atomic E-state index is 5.69. The molecule has 0 spiro atoms. The number of nitrogen functional groups attached to an aromatic ring is 1. The fourth-order valence-electron chi connectivity index (χ4n) is 1.22. The van der Waals surface area contributed by atoms with E-state index in [1.165, 1.54) is 6.33 Å². The molecule has 2 heterocycles. The van der Waals surface area contributed by atoms with Crippen molar-refractivity contribution in [2.24, 2.45) is 0 Å². The summed E-state index contributed by atoms with van der Waals surface area (Å²) in [7, 11) is 0. The van der Waals surface area contributed by atoms with Gasteiger partial charge in [-0.2, -0.15) is 0 Å². The summed E-state index contributed by atoms with van der Waals surface area (Å²) in [6, 6.07) is 0. The fraction of sp³-hybridized carbons (Fsp3) is 0.111. The Morgan fingerprint density at radius 2 is 2.31 bits per heavy atom. The molecule has 4 heteroatoms. The minimum atomic E-state index is 0.462. The lowest BCUT2D eigenvalue weighted by Gasteiger charge is -1.93. The second-order valence-electron chi connectivity index (χ2n) is 2.56. The van der Waals surface area contributed by atoms with Gasteiger partial charge in [-0.1, -0.05) is 5.92 Å². The Kier molecular flexibility index (Phi) is 1.64. The van der Waals surface area contributed by atoms with Gasteiger partial charge in [0.15, 0.2) is 0 Å². The smallest absolute Gasteiger partial charge is 0.144 e. The van der Waals surface area contributed by atoms with Crippen molar-refractivity contribution in [3.8, 4) is 11.8 Å². The lowest BCUT2D eigenvalue weighted by atomic mass is 10.2. The zero-order chi connectivity index (χ0) is 9.26. The van der Waals surface area contributed by atoms with Crippen LogP contribution in [0.15, 0.2) is 12.5 Å². The number of aromatic nitrogens is 3. The Morgan fingerprint density at radius 3 is 3.08 bits per heavy atom. The van der Waals surface area contributed by atoms with Gasteiger partial charge in [0.05, 0.1) is 10.9 Å². The molecule has 0 aromatic carbocycles. The Labute approximate surface area is 75.2 Å². The highest BCUT2D eigenvalue weighted by molar-refractivity contribution is 5.91. The first-order chi connectivity index (χ1) is 6.33.